The summed E-state index contributed by atoms with van der Waals surface area (Å²) in [5, 5.41) is 9.19. The molecule has 0 spiro atoms. The lowest BCUT2D eigenvalue weighted by Gasteiger charge is -2.25. The van der Waals surface area contributed by atoms with Gasteiger partial charge < -0.3 is 9.64 Å². The molecule has 1 aliphatic heterocycles. The molecule has 1 aliphatic rings. The summed E-state index contributed by atoms with van der Waals surface area (Å²) in [7, 11) is 0. The fourth-order valence-electron chi connectivity index (χ4n) is 1.99. The Balaban J connectivity index is 2.00. The molecular weight excluding hydrogens is 212 g/mol. The lowest BCUT2D eigenvalue weighted by Crippen LogP contribution is -3.17. The van der Waals surface area contributed by atoms with E-state index in [0.717, 1.165) is 31.9 Å². The molecule has 88 valence electrons. The second kappa shape index (κ2) is 6.19. The van der Waals surface area contributed by atoms with Gasteiger partial charge in [0.1, 0.15) is 19.2 Å². The van der Waals surface area contributed by atoms with Gasteiger partial charge in [0.2, 0.25) is 0 Å². The zero-order valence-corrected chi connectivity index (χ0v) is 9.80. The summed E-state index contributed by atoms with van der Waals surface area (Å²) in [5.41, 5.74) is 1.14. The number of quaternary nitrogens is 1. The number of nitrogens with zero attached hydrogens (tertiary/aromatic N) is 1. The lowest BCUT2D eigenvalue weighted by molar-refractivity contribution is -0.918. The van der Waals surface area contributed by atoms with Crippen molar-refractivity contribution in [2.24, 2.45) is 0 Å². The minimum Gasteiger partial charge on any atom is -0.370 e. The first-order valence-electron chi connectivity index (χ1n) is 5.95. The first-order chi connectivity index (χ1) is 8.40. The lowest BCUT2D eigenvalue weighted by atomic mass is 10.1. The number of nitriles is 1. The standard InChI is InChI=1S/C14H16N2O/c15-12-14(16-8-10-17-11-9-16)7-6-13-4-2-1-3-5-13/h1-7,14H,8-11H2/p+1/b7-6+/t14-/m0/s1. The summed E-state index contributed by atoms with van der Waals surface area (Å²) in [5.74, 6) is 0. The average molecular weight is 229 g/mol. The highest BCUT2D eigenvalue weighted by atomic mass is 16.5. The molecule has 1 fully saturated rings. The average Bonchev–Trinajstić information content (AvgIpc) is 2.42. The normalized spacial score (nSPS) is 19.0. The largest absolute Gasteiger partial charge is 0.370 e. The molecule has 3 heteroatoms. The van der Waals surface area contributed by atoms with Gasteiger partial charge in [-0.3, -0.25) is 0 Å². The molecule has 0 radical (unpaired) electrons. The van der Waals surface area contributed by atoms with Gasteiger partial charge in [-0.05, 0) is 11.6 Å². The molecule has 1 N–H and O–H groups in total. The van der Waals surface area contributed by atoms with Crippen LogP contribution in [0.4, 0.5) is 0 Å². The number of ether oxygens (including phenoxy) is 1. The highest BCUT2D eigenvalue weighted by Crippen LogP contribution is 2.01. The molecule has 0 amide bonds. The summed E-state index contributed by atoms with van der Waals surface area (Å²) < 4.78 is 5.30. The minimum absolute atomic E-state index is 0.0703. The van der Waals surface area contributed by atoms with Crippen LogP contribution in [0.1, 0.15) is 5.56 Å². The molecule has 0 saturated carbocycles. The van der Waals surface area contributed by atoms with E-state index in [0.29, 0.717) is 0 Å². The molecule has 1 aromatic rings. The third kappa shape index (κ3) is 3.42. The molecule has 0 unspecified atom stereocenters. The summed E-state index contributed by atoms with van der Waals surface area (Å²) in [6, 6.07) is 12.4. The Hall–Kier alpha value is -1.63. The van der Waals surface area contributed by atoms with E-state index in [1.165, 1.54) is 4.90 Å². The van der Waals surface area contributed by atoms with Crippen LogP contribution in [0.25, 0.3) is 6.08 Å². The Labute approximate surface area is 102 Å². The first-order valence-corrected chi connectivity index (χ1v) is 5.95. The van der Waals surface area contributed by atoms with Gasteiger partial charge in [-0.2, -0.15) is 5.26 Å². The second-order valence-electron chi connectivity index (χ2n) is 4.15. The van der Waals surface area contributed by atoms with Crippen molar-refractivity contribution < 1.29 is 9.64 Å². The van der Waals surface area contributed by atoms with Crippen LogP contribution in [-0.2, 0) is 4.74 Å². The van der Waals surface area contributed by atoms with Gasteiger partial charge in [-0.1, -0.05) is 36.4 Å². The molecule has 2 rings (SSSR count). The summed E-state index contributed by atoms with van der Waals surface area (Å²) in [6.45, 7) is 3.34. The molecule has 3 nitrogen and oxygen atoms in total. The van der Waals surface area contributed by atoms with Crippen molar-refractivity contribution in [1.29, 1.82) is 5.26 Å². The van der Waals surface area contributed by atoms with Crippen molar-refractivity contribution in [2.45, 2.75) is 6.04 Å². The van der Waals surface area contributed by atoms with Crippen molar-refractivity contribution in [2.75, 3.05) is 26.3 Å². The zero-order valence-electron chi connectivity index (χ0n) is 9.80. The number of hydrogen-bond acceptors (Lipinski definition) is 2. The highest BCUT2D eigenvalue weighted by Gasteiger charge is 2.21. The SMILES string of the molecule is N#C[C@H](/C=C/c1ccccc1)[NH+]1CCOCC1. The Morgan fingerprint density at radius 1 is 1.24 bits per heavy atom. The predicted molar refractivity (Wildman–Crippen MR) is 66.4 cm³/mol. The van der Waals surface area contributed by atoms with Gasteiger partial charge in [0.25, 0.3) is 0 Å². The molecule has 17 heavy (non-hydrogen) atoms. The number of rotatable bonds is 3. The second-order valence-corrected chi connectivity index (χ2v) is 4.15. The van der Waals surface area contributed by atoms with Gasteiger partial charge >= 0.3 is 0 Å². The van der Waals surface area contributed by atoms with E-state index in [1.807, 2.05) is 42.5 Å². The third-order valence-corrected chi connectivity index (χ3v) is 2.99. The Morgan fingerprint density at radius 2 is 1.94 bits per heavy atom. The van der Waals surface area contributed by atoms with Crippen LogP contribution < -0.4 is 4.90 Å². The van der Waals surface area contributed by atoms with E-state index in [9.17, 15) is 5.26 Å². The molecule has 0 aliphatic carbocycles. The van der Waals surface area contributed by atoms with Crippen LogP contribution in [0, 0.1) is 11.3 Å². The number of morpholine rings is 1. The van der Waals surface area contributed by atoms with E-state index in [2.05, 4.69) is 6.07 Å². The van der Waals surface area contributed by atoms with Crippen molar-refractivity contribution in [3.63, 3.8) is 0 Å². The fourth-order valence-corrected chi connectivity index (χ4v) is 1.99. The van der Waals surface area contributed by atoms with Gasteiger partial charge in [-0.25, -0.2) is 0 Å². The fraction of sp³-hybridized carbons (Fsp3) is 0.357. The highest BCUT2D eigenvalue weighted by molar-refractivity contribution is 5.49. The van der Waals surface area contributed by atoms with Gasteiger partial charge in [0, 0.05) is 0 Å². The number of benzene rings is 1. The maximum Gasteiger partial charge on any atom is 0.194 e. The molecule has 1 atom stereocenters. The maximum absolute atomic E-state index is 9.19. The molecule has 1 aromatic carbocycles. The minimum atomic E-state index is -0.0703. The Morgan fingerprint density at radius 3 is 2.59 bits per heavy atom. The van der Waals surface area contributed by atoms with E-state index < -0.39 is 0 Å². The van der Waals surface area contributed by atoms with E-state index >= 15 is 0 Å². The van der Waals surface area contributed by atoms with E-state index in [1.54, 1.807) is 0 Å². The molecule has 0 bridgehead atoms. The predicted octanol–water partition coefficient (Wildman–Crippen LogP) is 0.507. The summed E-state index contributed by atoms with van der Waals surface area (Å²) >= 11 is 0. The zero-order chi connectivity index (χ0) is 11.9. The van der Waals surface area contributed by atoms with Gasteiger partial charge in [0.15, 0.2) is 6.04 Å². The maximum atomic E-state index is 9.19. The van der Waals surface area contributed by atoms with Crippen LogP contribution in [-0.4, -0.2) is 32.3 Å². The quantitative estimate of drug-likeness (QED) is 0.820. The summed E-state index contributed by atoms with van der Waals surface area (Å²) in [4.78, 5) is 1.30. The van der Waals surface area contributed by atoms with Crippen molar-refractivity contribution >= 4 is 6.08 Å². The van der Waals surface area contributed by atoms with Crippen LogP contribution >= 0.6 is 0 Å². The van der Waals surface area contributed by atoms with Crippen molar-refractivity contribution in [1.82, 2.24) is 0 Å². The van der Waals surface area contributed by atoms with E-state index in [4.69, 9.17) is 4.74 Å². The monoisotopic (exact) mass is 229 g/mol. The van der Waals surface area contributed by atoms with Gasteiger partial charge in [-0.15, -0.1) is 0 Å². The smallest absolute Gasteiger partial charge is 0.194 e. The molecular formula is C14H17N2O+. The number of nitrogens with one attached hydrogen (secondary N) is 1. The topological polar surface area (TPSA) is 37.5 Å². The Bertz CT molecular complexity index is 402. The van der Waals surface area contributed by atoms with Crippen LogP contribution in [0.3, 0.4) is 0 Å². The van der Waals surface area contributed by atoms with Gasteiger partial charge in [0.05, 0.1) is 13.2 Å². The van der Waals surface area contributed by atoms with Crippen LogP contribution in [0.2, 0.25) is 0 Å². The third-order valence-electron chi connectivity index (χ3n) is 2.99. The molecule has 1 saturated heterocycles. The van der Waals surface area contributed by atoms with Crippen LogP contribution in [0.15, 0.2) is 36.4 Å². The first kappa shape index (κ1) is 11.8. The molecule has 0 aromatic heterocycles. The van der Waals surface area contributed by atoms with Crippen LogP contribution in [0.5, 0.6) is 0 Å². The van der Waals surface area contributed by atoms with Crippen molar-refractivity contribution in [3.05, 3.63) is 42.0 Å². The molecule has 1 heterocycles. The summed E-state index contributed by atoms with van der Waals surface area (Å²) in [6.07, 6.45) is 4.02. The number of hydrogen-bond donors (Lipinski definition) is 1. The van der Waals surface area contributed by atoms with E-state index in [-0.39, 0.29) is 6.04 Å². The van der Waals surface area contributed by atoms with Crippen molar-refractivity contribution in [3.8, 4) is 6.07 Å². The Kier molecular flexibility index (Phi) is 4.31.